The maximum atomic E-state index is 12.0. The molecule has 1 fully saturated rings. The van der Waals surface area contributed by atoms with Crippen molar-refractivity contribution >= 4 is 5.97 Å². The number of benzene rings is 3. The molecule has 0 bridgehead atoms. The third-order valence-corrected chi connectivity index (χ3v) is 5.98. The Balaban J connectivity index is 1.66. The standard InChI is InChI=1S/C27H29NO3/c1-20-13-15-22(16-14-20)26(28-17-6-5-12-25(28)27(29)30)23-10-7-11-24(18-23)31-19-21-8-3-2-4-9-21/h2-4,7-11,13-16,18,25-26H,5-6,12,17,19H2,1H3,(H,29,30). The first-order chi connectivity index (χ1) is 15.1. The number of carboxylic acid groups (broad SMARTS) is 1. The lowest BCUT2D eigenvalue weighted by Crippen LogP contribution is -2.46. The lowest BCUT2D eigenvalue weighted by Gasteiger charge is -2.39. The summed E-state index contributed by atoms with van der Waals surface area (Å²) in [5.74, 6) is 0.0515. The van der Waals surface area contributed by atoms with Crippen molar-refractivity contribution in [2.24, 2.45) is 0 Å². The molecule has 1 aliphatic heterocycles. The number of carbonyl (C=O) groups is 1. The smallest absolute Gasteiger partial charge is 0.320 e. The number of ether oxygens (including phenoxy) is 1. The molecule has 1 saturated heterocycles. The normalized spacial score (nSPS) is 17.8. The van der Waals surface area contributed by atoms with E-state index in [4.69, 9.17) is 4.74 Å². The van der Waals surface area contributed by atoms with Gasteiger partial charge in [0, 0.05) is 0 Å². The number of likely N-dealkylation sites (tertiary alicyclic amines) is 1. The van der Waals surface area contributed by atoms with E-state index in [-0.39, 0.29) is 6.04 Å². The first kappa shape index (κ1) is 21.1. The first-order valence-corrected chi connectivity index (χ1v) is 10.9. The van der Waals surface area contributed by atoms with E-state index in [0.717, 1.165) is 41.8 Å². The van der Waals surface area contributed by atoms with Crippen molar-refractivity contribution < 1.29 is 14.6 Å². The van der Waals surface area contributed by atoms with E-state index in [1.54, 1.807) is 0 Å². The fraction of sp³-hybridized carbons (Fsp3) is 0.296. The van der Waals surface area contributed by atoms with E-state index >= 15 is 0 Å². The topological polar surface area (TPSA) is 49.8 Å². The Morgan fingerprint density at radius 3 is 2.52 bits per heavy atom. The van der Waals surface area contributed by atoms with Gasteiger partial charge >= 0.3 is 5.97 Å². The van der Waals surface area contributed by atoms with Crippen molar-refractivity contribution in [1.82, 2.24) is 4.90 Å². The Kier molecular flexibility index (Phi) is 6.68. The number of piperidine rings is 1. The van der Waals surface area contributed by atoms with Crippen LogP contribution < -0.4 is 4.74 Å². The molecule has 4 rings (SSSR count). The van der Waals surface area contributed by atoms with Crippen molar-refractivity contribution in [3.05, 3.63) is 101 Å². The van der Waals surface area contributed by atoms with Crippen LogP contribution in [-0.2, 0) is 11.4 Å². The maximum absolute atomic E-state index is 12.0. The molecule has 2 atom stereocenters. The number of hydrogen-bond donors (Lipinski definition) is 1. The molecule has 0 radical (unpaired) electrons. The van der Waals surface area contributed by atoms with Gasteiger partial charge in [0.2, 0.25) is 0 Å². The summed E-state index contributed by atoms with van der Waals surface area (Å²) >= 11 is 0. The van der Waals surface area contributed by atoms with Crippen LogP contribution in [0.4, 0.5) is 0 Å². The SMILES string of the molecule is Cc1ccc(C(c2cccc(OCc3ccccc3)c2)N2CCCCC2C(=O)O)cc1. The monoisotopic (exact) mass is 415 g/mol. The molecule has 0 spiro atoms. The van der Waals surface area contributed by atoms with Gasteiger partial charge in [0.25, 0.3) is 0 Å². The predicted octanol–water partition coefficient (Wildman–Crippen LogP) is 5.60. The summed E-state index contributed by atoms with van der Waals surface area (Å²) < 4.78 is 6.06. The van der Waals surface area contributed by atoms with Crippen LogP contribution in [0.25, 0.3) is 0 Å². The Bertz CT molecular complexity index is 1000. The predicted molar refractivity (Wildman–Crippen MR) is 122 cm³/mol. The lowest BCUT2D eigenvalue weighted by molar-refractivity contribution is -0.145. The van der Waals surface area contributed by atoms with Crippen molar-refractivity contribution in [2.45, 2.75) is 44.9 Å². The van der Waals surface area contributed by atoms with Gasteiger partial charge in [-0.25, -0.2) is 0 Å². The first-order valence-electron chi connectivity index (χ1n) is 10.9. The molecule has 1 aliphatic rings. The van der Waals surface area contributed by atoms with E-state index < -0.39 is 12.0 Å². The summed E-state index contributed by atoms with van der Waals surface area (Å²) in [4.78, 5) is 14.2. The van der Waals surface area contributed by atoms with E-state index in [2.05, 4.69) is 48.2 Å². The quantitative estimate of drug-likeness (QED) is 0.545. The Hall–Kier alpha value is -3.11. The summed E-state index contributed by atoms with van der Waals surface area (Å²) in [7, 11) is 0. The highest BCUT2D eigenvalue weighted by Gasteiger charge is 2.35. The van der Waals surface area contributed by atoms with E-state index in [1.165, 1.54) is 5.56 Å². The molecular formula is C27H29NO3. The van der Waals surface area contributed by atoms with Crippen LogP contribution in [0.15, 0.2) is 78.9 Å². The second-order valence-corrected chi connectivity index (χ2v) is 8.25. The van der Waals surface area contributed by atoms with Crippen LogP contribution in [0.1, 0.15) is 47.6 Å². The molecule has 2 unspecified atom stereocenters. The minimum Gasteiger partial charge on any atom is -0.489 e. The summed E-state index contributed by atoms with van der Waals surface area (Å²) in [6, 6.07) is 26.0. The van der Waals surface area contributed by atoms with Gasteiger partial charge in [-0.15, -0.1) is 0 Å². The highest BCUT2D eigenvalue weighted by Crippen LogP contribution is 2.35. The molecule has 3 aromatic carbocycles. The second-order valence-electron chi connectivity index (χ2n) is 8.25. The lowest BCUT2D eigenvalue weighted by atomic mass is 9.91. The van der Waals surface area contributed by atoms with E-state index in [9.17, 15) is 9.90 Å². The number of aliphatic carboxylic acids is 1. The van der Waals surface area contributed by atoms with E-state index in [0.29, 0.717) is 13.0 Å². The molecule has 0 amide bonds. The second kappa shape index (κ2) is 9.80. The van der Waals surface area contributed by atoms with Crippen LogP contribution in [0.3, 0.4) is 0 Å². The fourth-order valence-corrected chi connectivity index (χ4v) is 4.37. The molecule has 3 aromatic rings. The van der Waals surface area contributed by atoms with Crippen LogP contribution in [-0.4, -0.2) is 28.6 Å². The van der Waals surface area contributed by atoms with Crippen molar-refractivity contribution in [3.63, 3.8) is 0 Å². The van der Waals surface area contributed by atoms with Crippen molar-refractivity contribution in [2.75, 3.05) is 6.54 Å². The van der Waals surface area contributed by atoms with Crippen LogP contribution >= 0.6 is 0 Å². The van der Waals surface area contributed by atoms with Gasteiger partial charge in [0.1, 0.15) is 18.4 Å². The molecule has 1 N–H and O–H groups in total. The number of rotatable bonds is 7. The third kappa shape index (κ3) is 5.15. The summed E-state index contributed by atoms with van der Waals surface area (Å²) in [5.41, 5.74) is 4.47. The summed E-state index contributed by atoms with van der Waals surface area (Å²) in [6.45, 7) is 3.34. The summed E-state index contributed by atoms with van der Waals surface area (Å²) in [5, 5.41) is 9.89. The number of carboxylic acids is 1. The maximum Gasteiger partial charge on any atom is 0.320 e. The van der Waals surface area contributed by atoms with Gasteiger partial charge in [-0.2, -0.15) is 0 Å². The van der Waals surface area contributed by atoms with Gasteiger partial charge in [-0.3, -0.25) is 9.69 Å². The number of aryl methyl sites for hydroxylation is 1. The molecule has 4 heteroatoms. The molecule has 160 valence electrons. The van der Waals surface area contributed by atoms with Crippen LogP contribution in [0.2, 0.25) is 0 Å². The molecular weight excluding hydrogens is 386 g/mol. The largest absolute Gasteiger partial charge is 0.489 e. The van der Waals surface area contributed by atoms with Gasteiger partial charge < -0.3 is 9.84 Å². The zero-order chi connectivity index (χ0) is 21.6. The molecule has 0 saturated carbocycles. The zero-order valence-electron chi connectivity index (χ0n) is 17.9. The molecule has 31 heavy (non-hydrogen) atoms. The van der Waals surface area contributed by atoms with Crippen LogP contribution in [0, 0.1) is 6.92 Å². The van der Waals surface area contributed by atoms with Gasteiger partial charge in [-0.05, 0) is 55.1 Å². The Morgan fingerprint density at radius 1 is 1.00 bits per heavy atom. The van der Waals surface area contributed by atoms with Crippen LogP contribution in [0.5, 0.6) is 5.75 Å². The van der Waals surface area contributed by atoms with Gasteiger partial charge in [-0.1, -0.05) is 78.7 Å². The average Bonchev–Trinajstić information content (AvgIpc) is 2.80. The minimum atomic E-state index is -0.742. The number of nitrogens with zero attached hydrogens (tertiary/aromatic N) is 1. The minimum absolute atomic E-state index is 0.123. The zero-order valence-corrected chi connectivity index (χ0v) is 17.9. The summed E-state index contributed by atoms with van der Waals surface area (Å²) in [6.07, 6.45) is 2.65. The molecule has 0 aliphatic carbocycles. The van der Waals surface area contributed by atoms with Crippen molar-refractivity contribution in [3.8, 4) is 5.75 Å². The highest BCUT2D eigenvalue weighted by molar-refractivity contribution is 5.73. The fourth-order valence-electron chi connectivity index (χ4n) is 4.37. The molecule has 1 heterocycles. The van der Waals surface area contributed by atoms with E-state index in [1.807, 2.05) is 42.5 Å². The third-order valence-electron chi connectivity index (χ3n) is 5.98. The van der Waals surface area contributed by atoms with Crippen molar-refractivity contribution in [1.29, 1.82) is 0 Å². The Morgan fingerprint density at radius 2 is 1.77 bits per heavy atom. The highest BCUT2D eigenvalue weighted by atomic mass is 16.5. The average molecular weight is 416 g/mol. The molecule has 4 nitrogen and oxygen atoms in total. The van der Waals surface area contributed by atoms with Gasteiger partial charge in [0.15, 0.2) is 0 Å². The van der Waals surface area contributed by atoms with Gasteiger partial charge in [0.05, 0.1) is 6.04 Å². The number of hydrogen-bond acceptors (Lipinski definition) is 3. The Labute approximate surface area is 184 Å². The molecule has 0 aromatic heterocycles.